The van der Waals surface area contributed by atoms with Crippen LogP contribution in [0.3, 0.4) is 0 Å². The average Bonchev–Trinajstić information content (AvgIpc) is 3.69. The molecule has 4 N–H and O–H groups in total. The summed E-state index contributed by atoms with van der Waals surface area (Å²) >= 11 is 1.20. The minimum absolute atomic E-state index is 0.0816. The van der Waals surface area contributed by atoms with Crippen molar-refractivity contribution in [1.29, 1.82) is 0 Å². The van der Waals surface area contributed by atoms with Gasteiger partial charge in [-0.1, -0.05) is 72.4 Å². The molecule has 3 aromatic carbocycles. The number of amides is 1. The number of methoxy groups -OCH3 is 1. The molecule has 0 atom stereocenters. The summed E-state index contributed by atoms with van der Waals surface area (Å²) in [4.78, 5) is 47.0. The number of rotatable bonds is 12. The van der Waals surface area contributed by atoms with Gasteiger partial charge in [-0.2, -0.15) is 0 Å². The minimum atomic E-state index is -0.739. The van der Waals surface area contributed by atoms with E-state index < -0.39 is 11.2 Å². The van der Waals surface area contributed by atoms with E-state index in [4.69, 9.17) is 10.5 Å². The van der Waals surface area contributed by atoms with Crippen LogP contribution in [0.15, 0.2) is 99.8 Å². The van der Waals surface area contributed by atoms with Crippen molar-refractivity contribution in [1.82, 2.24) is 29.3 Å². The fourth-order valence-electron chi connectivity index (χ4n) is 5.49. The molecule has 13 heteroatoms. The fourth-order valence-corrected chi connectivity index (χ4v) is 6.32. The summed E-state index contributed by atoms with van der Waals surface area (Å²) in [6.45, 7) is 2.64. The Morgan fingerprint density at radius 1 is 1.02 bits per heavy atom. The largest absolute Gasteiger partial charge is 0.385 e. The summed E-state index contributed by atoms with van der Waals surface area (Å²) in [5.74, 6) is 0.0545. The predicted molar refractivity (Wildman–Crippen MR) is 184 cm³/mol. The number of fused-ring (bicyclic) bond motifs is 1. The number of H-pyrrole nitrogens is 2. The number of thioether (sulfide) groups is 1. The van der Waals surface area contributed by atoms with Gasteiger partial charge in [0.25, 0.3) is 5.56 Å². The second kappa shape index (κ2) is 13.9. The zero-order chi connectivity index (χ0) is 32.9. The van der Waals surface area contributed by atoms with Gasteiger partial charge < -0.3 is 20.4 Å². The Morgan fingerprint density at radius 2 is 1.81 bits per heavy atom. The molecule has 3 aromatic heterocycles. The molecule has 6 aromatic rings. The number of carbonyl (C=O) groups excluding carboxylic acids is 1. The summed E-state index contributed by atoms with van der Waals surface area (Å²) in [6, 6.07) is 25.2. The van der Waals surface area contributed by atoms with Gasteiger partial charge in [-0.15, -0.1) is 10.2 Å². The summed E-state index contributed by atoms with van der Waals surface area (Å²) in [7, 11) is 1.56. The second-order valence-electron chi connectivity index (χ2n) is 11.0. The monoisotopic (exact) mass is 650 g/mol. The molecule has 0 spiro atoms. The highest BCUT2D eigenvalue weighted by molar-refractivity contribution is 7.99. The number of anilines is 2. The molecule has 47 heavy (non-hydrogen) atoms. The molecule has 0 aliphatic rings. The zero-order valence-corrected chi connectivity index (χ0v) is 26.8. The molecular weight excluding hydrogens is 616 g/mol. The third-order valence-electron chi connectivity index (χ3n) is 7.75. The van der Waals surface area contributed by atoms with Gasteiger partial charge >= 0.3 is 5.69 Å². The van der Waals surface area contributed by atoms with E-state index in [-0.39, 0.29) is 36.3 Å². The molecule has 0 aliphatic carbocycles. The Labute approximate surface area is 274 Å². The lowest BCUT2D eigenvalue weighted by molar-refractivity contribution is -0.116. The van der Waals surface area contributed by atoms with Gasteiger partial charge in [0, 0.05) is 48.6 Å². The van der Waals surface area contributed by atoms with Crippen LogP contribution in [0.4, 0.5) is 11.5 Å². The fraction of sp³-hybridized carbons (Fsp3) is 0.206. The number of aromatic amines is 2. The van der Waals surface area contributed by atoms with Crippen LogP contribution < -0.4 is 21.9 Å². The topological polar surface area (TPSA) is 157 Å². The van der Waals surface area contributed by atoms with Crippen molar-refractivity contribution in [3.63, 3.8) is 0 Å². The van der Waals surface area contributed by atoms with E-state index in [1.165, 1.54) is 21.2 Å². The SMILES string of the molecule is COCCCN(C(=O)CSc1nnc(-c2c[nH]c3ccccc23)n1-c1cccc(C)c1)c1c(N)n(Cc2ccccc2)c(=O)[nH]c1=O. The van der Waals surface area contributed by atoms with Crippen molar-refractivity contribution in [3.8, 4) is 17.1 Å². The first-order valence-corrected chi connectivity index (χ1v) is 16.0. The van der Waals surface area contributed by atoms with E-state index in [0.717, 1.165) is 33.3 Å². The molecule has 240 valence electrons. The highest BCUT2D eigenvalue weighted by Gasteiger charge is 2.26. The smallest absolute Gasteiger partial charge is 0.330 e. The number of benzene rings is 3. The van der Waals surface area contributed by atoms with Gasteiger partial charge in [-0.05, 0) is 42.7 Å². The molecule has 0 saturated carbocycles. The van der Waals surface area contributed by atoms with E-state index in [2.05, 4.69) is 20.2 Å². The lowest BCUT2D eigenvalue weighted by atomic mass is 10.1. The van der Waals surface area contributed by atoms with Gasteiger partial charge in [0.1, 0.15) is 5.82 Å². The van der Waals surface area contributed by atoms with Crippen LogP contribution in [0.5, 0.6) is 0 Å². The second-order valence-corrected chi connectivity index (χ2v) is 11.9. The van der Waals surface area contributed by atoms with E-state index in [0.29, 0.717) is 24.0 Å². The molecule has 0 unspecified atom stereocenters. The lowest BCUT2D eigenvalue weighted by Gasteiger charge is -2.24. The Balaban J connectivity index is 1.35. The van der Waals surface area contributed by atoms with Gasteiger partial charge in [-0.3, -0.25) is 23.7 Å². The van der Waals surface area contributed by atoms with Crippen molar-refractivity contribution < 1.29 is 9.53 Å². The average molecular weight is 651 g/mol. The van der Waals surface area contributed by atoms with Gasteiger partial charge in [0.05, 0.1) is 12.3 Å². The van der Waals surface area contributed by atoms with Crippen LogP contribution in [0.25, 0.3) is 28.0 Å². The number of aromatic nitrogens is 6. The summed E-state index contributed by atoms with van der Waals surface area (Å²) in [5, 5.41) is 10.6. The summed E-state index contributed by atoms with van der Waals surface area (Å²) in [5.41, 5.74) is 9.55. The molecule has 0 saturated heterocycles. The Bertz CT molecular complexity index is 2150. The molecule has 12 nitrogen and oxygen atoms in total. The quantitative estimate of drug-likeness (QED) is 0.130. The molecule has 0 fully saturated rings. The maximum Gasteiger partial charge on any atom is 0.330 e. The third-order valence-corrected chi connectivity index (χ3v) is 8.66. The predicted octanol–water partition coefficient (Wildman–Crippen LogP) is 4.37. The van der Waals surface area contributed by atoms with Crippen LogP contribution in [-0.4, -0.2) is 61.2 Å². The summed E-state index contributed by atoms with van der Waals surface area (Å²) in [6.07, 6.45) is 2.34. The highest BCUT2D eigenvalue weighted by Crippen LogP contribution is 2.33. The minimum Gasteiger partial charge on any atom is -0.385 e. The van der Waals surface area contributed by atoms with Crippen molar-refractivity contribution >= 4 is 40.1 Å². The van der Waals surface area contributed by atoms with Crippen molar-refractivity contribution in [2.24, 2.45) is 0 Å². The number of hydrogen-bond acceptors (Lipinski definition) is 8. The van der Waals surface area contributed by atoms with E-state index in [1.807, 2.05) is 96.6 Å². The Kier molecular flexibility index (Phi) is 9.36. The van der Waals surface area contributed by atoms with Crippen molar-refractivity contribution in [3.05, 3.63) is 117 Å². The van der Waals surface area contributed by atoms with Crippen LogP contribution in [-0.2, 0) is 16.1 Å². The number of aryl methyl sites for hydroxylation is 1. The molecule has 0 bridgehead atoms. The number of para-hydroxylation sites is 1. The number of nitrogens with two attached hydrogens (primary N) is 1. The standard InChI is InChI=1S/C34H34N8O4S/c1-22-10-8-13-24(18-22)42-31(26-19-36-27-15-7-6-14-25(26)27)38-39-34(42)47-21-28(43)40(16-9-17-46-2)29-30(35)41(33(45)37-32(29)44)20-23-11-4-3-5-12-23/h3-8,10-15,18-19,36H,9,16-17,20-21,35H2,1-2H3,(H,37,44,45). The Morgan fingerprint density at radius 3 is 2.60 bits per heavy atom. The molecule has 1 amide bonds. The number of nitrogens with zero attached hydrogens (tertiary/aromatic N) is 5. The van der Waals surface area contributed by atoms with E-state index in [1.54, 1.807) is 7.11 Å². The third kappa shape index (κ3) is 6.62. The van der Waals surface area contributed by atoms with Crippen molar-refractivity contribution in [2.45, 2.75) is 25.0 Å². The van der Waals surface area contributed by atoms with E-state index in [9.17, 15) is 14.4 Å². The normalized spacial score (nSPS) is 11.3. The first-order chi connectivity index (χ1) is 22.9. The lowest BCUT2D eigenvalue weighted by Crippen LogP contribution is -2.42. The van der Waals surface area contributed by atoms with Crippen LogP contribution in [0, 0.1) is 6.92 Å². The first kappa shape index (κ1) is 31.6. The van der Waals surface area contributed by atoms with Crippen LogP contribution in [0.1, 0.15) is 17.5 Å². The Hall–Kier alpha value is -5.40. The highest BCUT2D eigenvalue weighted by atomic mass is 32.2. The number of nitrogens with one attached hydrogen (secondary N) is 2. The van der Waals surface area contributed by atoms with E-state index >= 15 is 0 Å². The molecular formula is C34H34N8O4S. The number of ether oxygens (including phenoxy) is 1. The maximum absolute atomic E-state index is 14.0. The van der Waals surface area contributed by atoms with Crippen molar-refractivity contribution in [2.75, 3.05) is 36.6 Å². The molecule has 0 radical (unpaired) electrons. The molecule has 6 rings (SSSR count). The maximum atomic E-state index is 14.0. The number of carbonyl (C=O) groups is 1. The van der Waals surface area contributed by atoms with Crippen LogP contribution >= 0.6 is 11.8 Å². The first-order valence-electron chi connectivity index (χ1n) is 15.0. The van der Waals surface area contributed by atoms with Crippen LogP contribution in [0.2, 0.25) is 0 Å². The number of hydrogen-bond donors (Lipinski definition) is 3. The summed E-state index contributed by atoms with van der Waals surface area (Å²) < 4.78 is 8.41. The van der Waals surface area contributed by atoms with Gasteiger partial charge in [0.2, 0.25) is 5.91 Å². The van der Waals surface area contributed by atoms with Gasteiger partial charge in [-0.25, -0.2) is 4.79 Å². The molecule has 0 aliphatic heterocycles. The number of nitrogen functional groups attached to an aromatic ring is 1. The van der Waals surface area contributed by atoms with Gasteiger partial charge in [0.15, 0.2) is 16.7 Å². The zero-order valence-electron chi connectivity index (χ0n) is 26.0. The molecule has 3 heterocycles.